The average molecular weight is 224 g/mol. The van der Waals surface area contributed by atoms with E-state index in [1.807, 2.05) is 7.41 Å². The highest BCUT2D eigenvalue weighted by molar-refractivity contribution is 6.33. The largest absolute Gasteiger partial charge is 0.374 e. The van der Waals surface area contributed by atoms with Crippen molar-refractivity contribution in [2.24, 2.45) is 5.64 Å². The molecule has 1 atom stereocenters. The Labute approximate surface area is 104 Å². The predicted molar refractivity (Wildman–Crippen MR) is 75.8 cm³/mol. The molecule has 0 rings (SSSR count). The van der Waals surface area contributed by atoms with Crippen LogP contribution in [0.2, 0.25) is 5.82 Å². The van der Waals surface area contributed by atoms with E-state index >= 15 is 0 Å². The summed E-state index contributed by atoms with van der Waals surface area (Å²) in [6.07, 6.45) is 15.0. The lowest BCUT2D eigenvalue weighted by Crippen LogP contribution is -2.13. The molecule has 0 saturated carbocycles. The molecule has 0 saturated heterocycles. The van der Waals surface area contributed by atoms with Gasteiger partial charge in [0.25, 0.3) is 0 Å². The zero-order valence-electron chi connectivity index (χ0n) is 11.5. The first kappa shape index (κ1) is 16.0. The molecular weight excluding hydrogens is 193 g/mol. The van der Waals surface area contributed by atoms with Crippen LogP contribution in [-0.4, -0.2) is 7.41 Å². The lowest BCUT2D eigenvalue weighted by atomic mass is 9.71. The third-order valence-corrected chi connectivity index (χ3v) is 3.38. The summed E-state index contributed by atoms with van der Waals surface area (Å²) < 4.78 is 0. The molecule has 0 fully saturated rings. The molecule has 0 aromatic carbocycles. The lowest BCUT2D eigenvalue weighted by Gasteiger charge is -2.13. The average Bonchev–Trinajstić information content (AvgIpc) is 2.31. The van der Waals surface area contributed by atoms with E-state index in [0.717, 1.165) is 0 Å². The molecule has 2 heteroatoms. The Morgan fingerprint density at radius 3 is 1.62 bits per heavy atom. The fraction of sp³-hybridized carbons (Fsp3) is 1.00. The van der Waals surface area contributed by atoms with E-state index in [4.69, 9.17) is 5.64 Å². The first-order chi connectivity index (χ1) is 7.85. The molecule has 95 valence electrons. The molecule has 2 N–H and O–H groups in total. The third kappa shape index (κ3) is 10.5. The Kier molecular flexibility index (Phi) is 13.1. The minimum absolute atomic E-state index is 0.679. The van der Waals surface area contributed by atoms with Crippen molar-refractivity contribution in [3.05, 3.63) is 0 Å². The highest BCUT2D eigenvalue weighted by atomic mass is 14.4. The van der Waals surface area contributed by atoms with Crippen molar-refractivity contribution in [2.45, 2.75) is 90.3 Å². The van der Waals surface area contributed by atoms with Crippen molar-refractivity contribution in [3.63, 3.8) is 0 Å². The van der Waals surface area contributed by atoms with Crippen LogP contribution < -0.4 is 5.64 Å². The smallest absolute Gasteiger partial charge is 0.205 e. The quantitative estimate of drug-likeness (QED) is 0.378. The number of rotatable bonds is 12. The first-order valence-electron chi connectivity index (χ1n) is 7.40. The Morgan fingerprint density at radius 1 is 0.750 bits per heavy atom. The second kappa shape index (κ2) is 13.1. The molecule has 0 bridgehead atoms. The number of hydrogen-bond donors (Lipinski definition) is 1. The molecule has 1 nitrogen and oxygen atoms in total. The summed E-state index contributed by atoms with van der Waals surface area (Å²) in [6, 6.07) is 0. The Morgan fingerprint density at radius 2 is 1.19 bits per heavy atom. The van der Waals surface area contributed by atoms with Crippen molar-refractivity contribution in [1.82, 2.24) is 0 Å². The Bertz CT molecular complexity index is 128. The van der Waals surface area contributed by atoms with E-state index < -0.39 is 0 Å². The van der Waals surface area contributed by atoms with Crippen molar-refractivity contribution >= 4 is 7.41 Å². The number of hydrogen-bond acceptors (Lipinski definition) is 1. The monoisotopic (exact) mass is 224 g/mol. The summed E-state index contributed by atoms with van der Waals surface area (Å²) in [6.45, 7) is 4.53. The van der Waals surface area contributed by atoms with E-state index in [9.17, 15) is 0 Å². The number of unbranched alkanes of at least 4 members (excludes halogenated alkanes) is 7. The molecule has 16 heavy (non-hydrogen) atoms. The van der Waals surface area contributed by atoms with Gasteiger partial charge in [0.15, 0.2) is 0 Å². The summed E-state index contributed by atoms with van der Waals surface area (Å²) >= 11 is 0. The van der Waals surface area contributed by atoms with Crippen LogP contribution in [-0.2, 0) is 0 Å². The van der Waals surface area contributed by atoms with E-state index in [1.54, 1.807) is 0 Å². The van der Waals surface area contributed by atoms with Crippen molar-refractivity contribution < 1.29 is 0 Å². The van der Waals surface area contributed by atoms with Crippen LogP contribution in [0.25, 0.3) is 0 Å². The maximum absolute atomic E-state index is 5.70. The van der Waals surface area contributed by atoms with Crippen molar-refractivity contribution in [2.75, 3.05) is 0 Å². The van der Waals surface area contributed by atoms with E-state index in [2.05, 4.69) is 13.8 Å². The SMILES string of the molecule is CCCCCCCC([B]N)CCCCCC. The summed E-state index contributed by atoms with van der Waals surface area (Å²) in [5.41, 5.74) is 5.70. The normalized spacial score (nSPS) is 12.7. The zero-order valence-corrected chi connectivity index (χ0v) is 11.5. The van der Waals surface area contributed by atoms with Gasteiger partial charge in [-0.05, 0) is 0 Å². The van der Waals surface area contributed by atoms with E-state index in [-0.39, 0.29) is 0 Å². The fourth-order valence-corrected chi connectivity index (χ4v) is 2.18. The highest BCUT2D eigenvalue weighted by Crippen LogP contribution is 2.21. The van der Waals surface area contributed by atoms with Gasteiger partial charge in [-0.2, -0.15) is 0 Å². The molecular formula is C14H31BN. The molecule has 0 heterocycles. The zero-order chi connectivity index (χ0) is 12.1. The summed E-state index contributed by atoms with van der Waals surface area (Å²) in [7, 11) is 1.94. The molecule has 0 aliphatic carbocycles. The van der Waals surface area contributed by atoms with Crippen molar-refractivity contribution in [1.29, 1.82) is 0 Å². The van der Waals surface area contributed by atoms with Crippen LogP contribution in [0.3, 0.4) is 0 Å². The first-order valence-corrected chi connectivity index (χ1v) is 7.40. The number of nitrogens with two attached hydrogens (primary N) is 1. The van der Waals surface area contributed by atoms with Crippen LogP contribution in [0.5, 0.6) is 0 Å². The molecule has 0 spiro atoms. The van der Waals surface area contributed by atoms with Crippen LogP contribution >= 0.6 is 0 Å². The van der Waals surface area contributed by atoms with Gasteiger partial charge in [0.05, 0.1) is 0 Å². The molecule has 0 aromatic heterocycles. The van der Waals surface area contributed by atoms with Gasteiger partial charge in [0.2, 0.25) is 7.41 Å². The summed E-state index contributed by atoms with van der Waals surface area (Å²) in [5, 5.41) is 0. The van der Waals surface area contributed by atoms with Gasteiger partial charge in [-0.3, -0.25) is 0 Å². The van der Waals surface area contributed by atoms with Crippen molar-refractivity contribution in [3.8, 4) is 0 Å². The Hall–Kier alpha value is 0.0249. The molecule has 1 unspecified atom stereocenters. The predicted octanol–water partition coefficient (Wildman–Crippen LogP) is 4.68. The topological polar surface area (TPSA) is 26.0 Å². The van der Waals surface area contributed by atoms with Crippen LogP contribution in [0, 0.1) is 0 Å². The molecule has 1 radical (unpaired) electrons. The summed E-state index contributed by atoms with van der Waals surface area (Å²) in [4.78, 5) is 0. The summed E-state index contributed by atoms with van der Waals surface area (Å²) in [5.74, 6) is 0.679. The minimum atomic E-state index is 0.679. The molecule has 0 aromatic rings. The minimum Gasteiger partial charge on any atom is -0.374 e. The van der Waals surface area contributed by atoms with Crippen LogP contribution in [0.4, 0.5) is 0 Å². The van der Waals surface area contributed by atoms with Gasteiger partial charge in [-0.25, -0.2) is 0 Å². The van der Waals surface area contributed by atoms with Gasteiger partial charge < -0.3 is 5.64 Å². The maximum Gasteiger partial charge on any atom is 0.205 e. The maximum atomic E-state index is 5.70. The molecule has 0 aliphatic rings. The van der Waals surface area contributed by atoms with Gasteiger partial charge in [0, 0.05) is 0 Å². The van der Waals surface area contributed by atoms with Crippen LogP contribution in [0.15, 0.2) is 0 Å². The van der Waals surface area contributed by atoms with Gasteiger partial charge >= 0.3 is 0 Å². The van der Waals surface area contributed by atoms with Gasteiger partial charge in [0.1, 0.15) is 0 Å². The van der Waals surface area contributed by atoms with E-state index in [1.165, 1.54) is 70.6 Å². The highest BCUT2D eigenvalue weighted by Gasteiger charge is 2.07. The standard InChI is InChI=1S/C14H31BN/c1-3-5-7-9-11-13-14(15-16)12-10-8-6-4-2/h14H,3-13,16H2,1-2H3. The molecule has 0 aliphatic heterocycles. The molecule has 0 amide bonds. The van der Waals surface area contributed by atoms with Crippen LogP contribution in [0.1, 0.15) is 84.5 Å². The Balaban J connectivity index is 3.29. The lowest BCUT2D eigenvalue weighted by molar-refractivity contribution is 0.544. The van der Waals surface area contributed by atoms with Gasteiger partial charge in [-0.15, -0.1) is 0 Å². The second-order valence-corrected chi connectivity index (χ2v) is 5.00. The van der Waals surface area contributed by atoms with E-state index in [0.29, 0.717) is 5.82 Å². The van der Waals surface area contributed by atoms with Gasteiger partial charge in [-0.1, -0.05) is 90.3 Å². The third-order valence-electron chi connectivity index (χ3n) is 3.38. The fourth-order valence-electron chi connectivity index (χ4n) is 2.18. The second-order valence-electron chi connectivity index (χ2n) is 5.00.